The summed E-state index contributed by atoms with van der Waals surface area (Å²) in [5.74, 6) is -2.32. The summed E-state index contributed by atoms with van der Waals surface area (Å²) in [6, 6.07) is 8.96. The minimum atomic E-state index is -0.853. The van der Waals surface area contributed by atoms with Crippen molar-refractivity contribution in [2.75, 3.05) is 10.6 Å². The van der Waals surface area contributed by atoms with Gasteiger partial charge in [-0.2, -0.15) is 5.26 Å². The summed E-state index contributed by atoms with van der Waals surface area (Å²) >= 11 is 11.6. The second kappa shape index (κ2) is 7.77. The molecular weight excluding hydrogens is 359 g/mol. The molecule has 2 N–H and O–H groups in total. The number of anilines is 2. The van der Waals surface area contributed by atoms with Gasteiger partial charge in [0.15, 0.2) is 0 Å². The van der Waals surface area contributed by atoms with Gasteiger partial charge in [0.25, 0.3) is 5.91 Å². The van der Waals surface area contributed by atoms with E-state index < -0.39 is 17.5 Å². The minimum Gasteiger partial charge on any atom is -0.358 e. The number of rotatable bonds is 4. The van der Waals surface area contributed by atoms with E-state index in [4.69, 9.17) is 28.5 Å². The zero-order valence-electron chi connectivity index (χ0n) is 11.9. The van der Waals surface area contributed by atoms with E-state index in [2.05, 4.69) is 10.6 Å². The Morgan fingerprint density at radius 3 is 2.50 bits per heavy atom. The van der Waals surface area contributed by atoms with E-state index in [0.29, 0.717) is 16.8 Å². The molecule has 4 nitrogen and oxygen atoms in total. The lowest BCUT2D eigenvalue weighted by Crippen LogP contribution is -2.14. The Kier molecular flexibility index (Phi) is 5.74. The fourth-order valence-corrected chi connectivity index (χ4v) is 1.98. The van der Waals surface area contributed by atoms with Crippen molar-refractivity contribution < 1.29 is 13.6 Å². The quantitative estimate of drug-likeness (QED) is 0.606. The van der Waals surface area contributed by atoms with Gasteiger partial charge in [-0.3, -0.25) is 4.79 Å². The molecule has 0 saturated heterocycles. The molecule has 0 aliphatic rings. The van der Waals surface area contributed by atoms with Crippen LogP contribution in [0.2, 0.25) is 10.0 Å². The summed E-state index contributed by atoms with van der Waals surface area (Å²) in [6.07, 6.45) is 1.02. The molecule has 0 atom stereocenters. The van der Waals surface area contributed by atoms with Crippen LogP contribution in [0.15, 0.2) is 48.2 Å². The third-order valence-electron chi connectivity index (χ3n) is 2.85. The monoisotopic (exact) mass is 367 g/mol. The summed E-state index contributed by atoms with van der Waals surface area (Å²) in [5, 5.41) is 14.5. The van der Waals surface area contributed by atoms with Crippen LogP contribution in [0.3, 0.4) is 0 Å². The van der Waals surface area contributed by atoms with Crippen LogP contribution in [0, 0.1) is 23.0 Å². The maximum atomic E-state index is 13.5. The highest BCUT2D eigenvalue weighted by atomic mass is 35.5. The number of nitrogens with zero attached hydrogens (tertiary/aromatic N) is 1. The van der Waals surface area contributed by atoms with Gasteiger partial charge in [0, 0.05) is 18.0 Å². The lowest BCUT2D eigenvalue weighted by Gasteiger charge is -2.07. The lowest BCUT2D eigenvalue weighted by atomic mass is 10.2. The fourth-order valence-electron chi connectivity index (χ4n) is 1.68. The minimum absolute atomic E-state index is 0.0773. The topological polar surface area (TPSA) is 64.9 Å². The standard InChI is InChI=1S/C16H9Cl2F2N3O/c17-12-3-2-11(6-13(12)18)23-16(24)9(7-21)8-22-15-4-1-10(19)5-14(15)20/h1-6,8,22H,(H,23,24)/b9-8-. The van der Waals surface area contributed by atoms with E-state index in [9.17, 15) is 13.6 Å². The molecule has 122 valence electrons. The van der Waals surface area contributed by atoms with Gasteiger partial charge in [0.2, 0.25) is 0 Å². The van der Waals surface area contributed by atoms with Crippen LogP contribution in [0.25, 0.3) is 0 Å². The van der Waals surface area contributed by atoms with Gasteiger partial charge in [-0.05, 0) is 30.3 Å². The molecule has 0 spiro atoms. The first-order valence-corrected chi connectivity index (χ1v) is 7.24. The van der Waals surface area contributed by atoms with E-state index in [1.165, 1.54) is 18.2 Å². The highest BCUT2D eigenvalue weighted by Gasteiger charge is 2.11. The normalized spacial score (nSPS) is 10.9. The third kappa shape index (κ3) is 4.44. The number of halogens is 4. The van der Waals surface area contributed by atoms with Crippen LogP contribution in [-0.2, 0) is 4.79 Å². The van der Waals surface area contributed by atoms with Crippen molar-refractivity contribution in [2.45, 2.75) is 0 Å². The Labute approximate surface area is 146 Å². The largest absolute Gasteiger partial charge is 0.358 e. The van der Waals surface area contributed by atoms with E-state index in [-0.39, 0.29) is 16.3 Å². The molecule has 0 fully saturated rings. The molecule has 0 saturated carbocycles. The first-order chi connectivity index (χ1) is 11.4. The van der Waals surface area contributed by atoms with Gasteiger partial charge in [0.05, 0.1) is 15.7 Å². The number of carbonyl (C=O) groups is 1. The number of amides is 1. The van der Waals surface area contributed by atoms with Crippen molar-refractivity contribution in [3.8, 4) is 6.07 Å². The average molecular weight is 368 g/mol. The predicted molar refractivity (Wildman–Crippen MR) is 88.8 cm³/mol. The molecule has 0 heterocycles. The Hall–Kier alpha value is -2.62. The molecule has 0 unspecified atom stereocenters. The lowest BCUT2D eigenvalue weighted by molar-refractivity contribution is -0.112. The van der Waals surface area contributed by atoms with Crippen LogP contribution in [0.4, 0.5) is 20.2 Å². The van der Waals surface area contributed by atoms with Crippen molar-refractivity contribution in [1.82, 2.24) is 0 Å². The molecule has 0 aromatic heterocycles. The molecule has 2 aromatic carbocycles. The van der Waals surface area contributed by atoms with Crippen molar-refractivity contribution in [3.05, 3.63) is 69.9 Å². The highest BCUT2D eigenvalue weighted by molar-refractivity contribution is 6.42. The number of nitrogens with one attached hydrogen (secondary N) is 2. The molecule has 2 rings (SSSR count). The maximum absolute atomic E-state index is 13.5. The molecule has 8 heteroatoms. The first-order valence-electron chi connectivity index (χ1n) is 6.49. The second-order valence-corrected chi connectivity index (χ2v) is 5.34. The summed E-state index contributed by atoms with van der Waals surface area (Å²) in [4.78, 5) is 12.0. The number of carbonyl (C=O) groups excluding carboxylic acids is 1. The summed E-state index contributed by atoms with van der Waals surface area (Å²) in [5.41, 5.74) is -0.0557. The van der Waals surface area contributed by atoms with Gasteiger partial charge in [0.1, 0.15) is 23.3 Å². The van der Waals surface area contributed by atoms with Gasteiger partial charge in [-0.1, -0.05) is 23.2 Å². The molecule has 1 amide bonds. The van der Waals surface area contributed by atoms with Gasteiger partial charge >= 0.3 is 0 Å². The van der Waals surface area contributed by atoms with E-state index >= 15 is 0 Å². The van der Waals surface area contributed by atoms with Crippen LogP contribution in [0.5, 0.6) is 0 Å². The fraction of sp³-hybridized carbons (Fsp3) is 0. The van der Waals surface area contributed by atoms with Crippen molar-refractivity contribution in [3.63, 3.8) is 0 Å². The molecular formula is C16H9Cl2F2N3O. The third-order valence-corrected chi connectivity index (χ3v) is 3.58. The summed E-state index contributed by atoms with van der Waals surface area (Å²) in [7, 11) is 0. The zero-order chi connectivity index (χ0) is 17.7. The van der Waals surface area contributed by atoms with Crippen LogP contribution >= 0.6 is 23.2 Å². The molecule has 0 bridgehead atoms. The predicted octanol–water partition coefficient (Wildman–Crippen LogP) is 4.73. The van der Waals surface area contributed by atoms with Gasteiger partial charge in [-0.25, -0.2) is 8.78 Å². The Balaban J connectivity index is 2.13. The SMILES string of the molecule is N#C/C(=C/Nc1ccc(F)cc1F)C(=O)Nc1ccc(Cl)c(Cl)c1. The Bertz CT molecular complexity index is 863. The van der Waals surface area contributed by atoms with Crippen molar-refractivity contribution in [2.24, 2.45) is 0 Å². The van der Waals surface area contributed by atoms with E-state index in [0.717, 1.165) is 18.3 Å². The van der Waals surface area contributed by atoms with Crippen molar-refractivity contribution >= 4 is 40.5 Å². The molecule has 0 aliphatic carbocycles. The smallest absolute Gasteiger partial charge is 0.267 e. The van der Waals surface area contributed by atoms with Crippen LogP contribution in [-0.4, -0.2) is 5.91 Å². The number of hydrogen-bond donors (Lipinski definition) is 2. The molecule has 2 aromatic rings. The molecule has 0 radical (unpaired) electrons. The average Bonchev–Trinajstić information content (AvgIpc) is 2.53. The first kappa shape index (κ1) is 17.7. The van der Waals surface area contributed by atoms with Crippen LogP contribution < -0.4 is 10.6 Å². The van der Waals surface area contributed by atoms with Gasteiger partial charge < -0.3 is 10.6 Å². The van der Waals surface area contributed by atoms with Gasteiger partial charge in [-0.15, -0.1) is 0 Å². The maximum Gasteiger partial charge on any atom is 0.267 e. The van der Waals surface area contributed by atoms with Crippen LogP contribution in [0.1, 0.15) is 0 Å². The number of nitriles is 1. The molecule has 0 aliphatic heterocycles. The van der Waals surface area contributed by atoms with E-state index in [1.807, 2.05) is 0 Å². The second-order valence-electron chi connectivity index (χ2n) is 4.52. The number of hydrogen-bond acceptors (Lipinski definition) is 3. The Morgan fingerprint density at radius 1 is 1.12 bits per heavy atom. The summed E-state index contributed by atoms with van der Waals surface area (Å²) < 4.78 is 26.3. The summed E-state index contributed by atoms with van der Waals surface area (Å²) in [6.45, 7) is 0. The van der Waals surface area contributed by atoms with E-state index in [1.54, 1.807) is 6.07 Å². The zero-order valence-corrected chi connectivity index (χ0v) is 13.4. The Morgan fingerprint density at radius 2 is 1.88 bits per heavy atom. The number of benzene rings is 2. The van der Waals surface area contributed by atoms with Crippen molar-refractivity contribution in [1.29, 1.82) is 5.26 Å². The molecule has 24 heavy (non-hydrogen) atoms. The highest BCUT2D eigenvalue weighted by Crippen LogP contribution is 2.25.